The van der Waals surface area contributed by atoms with Crippen molar-refractivity contribution in [2.24, 2.45) is 0 Å². The molecule has 0 radical (unpaired) electrons. The largest absolute Gasteiger partial charge is 0.372 e. The Balaban J connectivity index is 1.47. The lowest BCUT2D eigenvalue weighted by atomic mass is 10.1. The molecule has 0 unspecified atom stereocenters. The minimum absolute atomic E-state index is 0.242. The minimum Gasteiger partial charge on any atom is -0.372 e. The van der Waals surface area contributed by atoms with E-state index in [1.165, 1.54) is 36.2 Å². The van der Waals surface area contributed by atoms with Crippen molar-refractivity contribution >= 4 is 27.3 Å². The van der Waals surface area contributed by atoms with E-state index in [-0.39, 0.29) is 4.90 Å². The molecule has 2 aromatic rings. The second kappa shape index (κ2) is 8.21. The highest BCUT2D eigenvalue weighted by atomic mass is 35.5. The lowest BCUT2D eigenvalue weighted by molar-refractivity contribution is 0.579. The number of aryl methyl sites for hydroxylation is 1. The molecule has 6 heteroatoms. The molecule has 0 amide bonds. The first-order chi connectivity index (χ1) is 12.0. The van der Waals surface area contributed by atoms with E-state index >= 15 is 0 Å². The van der Waals surface area contributed by atoms with Crippen LogP contribution < -0.4 is 9.62 Å². The predicted octanol–water partition coefficient (Wildman–Crippen LogP) is 3.85. The van der Waals surface area contributed by atoms with E-state index in [0.717, 1.165) is 25.9 Å². The van der Waals surface area contributed by atoms with Gasteiger partial charge in [0.1, 0.15) is 0 Å². The van der Waals surface area contributed by atoms with Crippen molar-refractivity contribution in [2.75, 3.05) is 24.5 Å². The van der Waals surface area contributed by atoms with Gasteiger partial charge in [0.05, 0.1) is 4.90 Å². The Morgan fingerprint density at radius 2 is 1.60 bits per heavy atom. The normalized spacial score (nSPS) is 14.8. The topological polar surface area (TPSA) is 49.4 Å². The maximum Gasteiger partial charge on any atom is 0.240 e. The van der Waals surface area contributed by atoms with Gasteiger partial charge in [-0.2, -0.15) is 0 Å². The SMILES string of the molecule is O=S(=O)(NCCCc1ccc(N2CCCC2)cc1)c1ccc(Cl)cc1. The van der Waals surface area contributed by atoms with E-state index in [1.807, 2.05) is 0 Å². The summed E-state index contributed by atoms with van der Waals surface area (Å²) < 4.78 is 27.0. The minimum atomic E-state index is -3.46. The number of rotatable bonds is 7. The van der Waals surface area contributed by atoms with Gasteiger partial charge < -0.3 is 4.90 Å². The fourth-order valence-electron chi connectivity index (χ4n) is 3.04. The summed E-state index contributed by atoms with van der Waals surface area (Å²) in [5.41, 5.74) is 2.51. The van der Waals surface area contributed by atoms with Gasteiger partial charge in [-0.3, -0.25) is 0 Å². The molecular formula is C19H23ClN2O2S. The highest BCUT2D eigenvalue weighted by Crippen LogP contribution is 2.21. The van der Waals surface area contributed by atoms with Crippen LogP contribution in [0.2, 0.25) is 5.02 Å². The zero-order chi connectivity index (χ0) is 17.7. The average molecular weight is 379 g/mol. The molecule has 1 aliphatic rings. The Kier molecular flexibility index (Phi) is 5.99. The number of halogens is 1. The van der Waals surface area contributed by atoms with Crippen LogP contribution >= 0.6 is 11.6 Å². The first-order valence-corrected chi connectivity index (χ1v) is 10.5. The number of anilines is 1. The van der Waals surface area contributed by atoms with Crippen LogP contribution in [-0.4, -0.2) is 28.1 Å². The van der Waals surface area contributed by atoms with Crippen LogP contribution in [0.15, 0.2) is 53.4 Å². The van der Waals surface area contributed by atoms with E-state index in [0.29, 0.717) is 11.6 Å². The Morgan fingerprint density at radius 3 is 2.24 bits per heavy atom. The number of nitrogens with zero attached hydrogens (tertiary/aromatic N) is 1. The molecule has 2 aromatic carbocycles. The zero-order valence-electron chi connectivity index (χ0n) is 14.1. The first-order valence-electron chi connectivity index (χ1n) is 8.64. The molecule has 4 nitrogen and oxygen atoms in total. The van der Waals surface area contributed by atoms with Crippen LogP contribution in [0.25, 0.3) is 0 Å². The number of benzene rings is 2. The van der Waals surface area contributed by atoms with Crippen LogP contribution in [0.1, 0.15) is 24.8 Å². The Labute approximate surface area is 154 Å². The van der Waals surface area contributed by atoms with E-state index in [9.17, 15) is 8.42 Å². The zero-order valence-corrected chi connectivity index (χ0v) is 15.7. The van der Waals surface area contributed by atoms with Crippen LogP contribution in [0, 0.1) is 0 Å². The van der Waals surface area contributed by atoms with Crippen LogP contribution in [0.4, 0.5) is 5.69 Å². The third-order valence-electron chi connectivity index (χ3n) is 4.47. The highest BCUT2D eigenvalue weighted by molar-refractivity contribution is 7.89. The van der Waals surface area contributed by atoms with Gasteiger partial charge in [0.25, 0.3) is 0 Å². The van der Waals surface area contributed by atoms with E-state index in [4.69, 9.17) is 11.6 Å². The number of hydrogen-bond acceptors (Lipinski definition) is 3. The van der Waals surface area contributed by atoms with Gasteiger partial charge in [-0.15, -0.1) is 0 Å². The van der Waals surface area contributed by atoms with Gasteiger partial charge in [-0.1, -0.05) is 23.7 Å². The third kappa shape index (κ3) is 4.97. The second-order valence-electron chi connectivity index (χ2n) is 6.32. The molecule has 1 N–H and O–H groups in total. The summed E-state index contributed by atoms with van der Waals surface area (Å²) in [7, 11) is -3.46. The van der Waals surface area contributed by atoms with Crippen LogP contribution in [-0.2, 0) is 16.4 Å². The summed E-state index contributed by atoms with van der Waals surface area (Å²) >= 11 is 5.79. The Morgan fingerprint density at radius 1 is 0.960 bits per heavy atom. The molecule has 0 aromatic heterocycles. The van der Waals surface area contributed by atoms with Crippen LogP contribution in [0.5, 0.6) is 0 Å². The molecule has 1 fully saturated rings. The Hall–Kier alpha value is -1.56. The second-order valence-corrected chi connectivity index (χ2v) is 8.52. The lowest BCUT2D eigenvalue weighted by Crippen LogP contribution is -2.25. The highest BCUT2D eigenvalue weighted by Gasteiger charge is 2.13. The summed E-state index contributed by atoms with van der Waals surface area (Å²) in [6, 6.07) is 14.8. The molecule has 3 rings (SSSR count). The Bertz CT molecular complexity index is 783. The fourth-order valence-corrected chi connectivity index (χ4v) is 4.24. The van der Waals surface area contributed by atoms with Crippen molar-refractivity contribution in [1.82, 2.24) is 4.72 Å². The quantitative estimate of drug-likeness (QED) is 0.744. The molecule has 0 aliphatic carbocycles. The van der Waals surface area contributed by atoms with E-state index in [1.54, 1.807) is 12.1 Å². The molecule has 25 heavy (non-hydrogen) atoms. The van der Waals surface area contributed by atoms with Crippen molar-refractivity contribution in [2.45, 2.75) is 30.6 Å². The molecule has 0 atom stereocenters. The van der Waals surface area contributed by atoms with E-state index < -0.39 is 10.0 Å². The molecule has 1 saturated heterocycles. The monoisotopic (exact) mass is 378 g/mol. The van der Waals surface area contributed by atoms with Crippen molar-refractivity contribution in [3.05, 3.63) is 59.1 Å². The number of nitrogens with one attached hydrogen (secondary N) is 1. The standard InChI is InChI=1S/C19H23ClN2O2S/c20-17-7-11-19(12-8-17)25(23,24)21-13-3-4-16-5-9-18(10-6-16)22-14-1-2-15-22/h5-12,21H,1-4,13-15H2. The summed E-state index contributed by atoms with van der Waals surface area (Å²) in [4.78, 5) is 2.65. The van der Waals surface area contributed by atoms with Crippen molar-refractivity contribution < 1.29 is 8.42 Å². The summed E-state index contributed by atoms with van der Waals surface area (Å²) in [6.45, 7) is 2.70. The van der Waals surface area contributed by atoms with Gasteiger partial charge in [0, 0.05) is 30.3 Å². The summed E-state index contributed by atoms with van der Waals surface area (Å²) in [6.07, 6.45) is 4.16. The van der Waals surface area contributed by atoms with Crippen molar-refractivity contribution in [3.8, 4) is 0 Å². The molecule has 1 aliphatic heterocycles. The van der Waals surface area contributed by atoms with Crippen molar-refractivity contribution in [3.63, 3.8) is 0 Å². The van der Waals surface area contributed by atoms with Gasteiger partial charge in [0.2, 0.25) is 10.0 Å². The molecule has 134 valence electrons. The summed E-state index contributed by atoms with van der Waals surface area (Å²) in [5.74, 6) is 0. The van der Waals surface area contributed by atoms with Gasteiger partial charge >= 0.3 is 0 Å². The molecule has 0 saturated carbocycles. The first kappa shape index (κ1) is 18.2. The summed E-state index contributed by atoms with van der Waals surface area (Å²) in [5, 5.41) is 0.524. The fraction of sp³-hybridized carbons (Fsp3) is 0.368. The maximum absolute atomic E-state index is 12.2. The van der Waals surface area contributed by atoms with Crippen LogP contribution in [0.3, 0.4) is 0 Å². The molecule has 0 spiro atoms. The van der Waals surface area contributed by atoms with Crippen molar-refractivity contribution in [1.29, 1.82) is 0 Å². The maximum atomic E-state index is 12.2. The number of sulfonamides is 1. The van der Waals surface area contributed by atoms with Gasteiger partial charge in [-0.25, -0.2) is 13.1 Å². The molecule has 0 bridgehead atoms. The number of hydrogen-bond donors (Lipinski definition) is 1. The van der Waals surface area contributed by atoms with Gasteiger partial charge in [-0.05, 0) is 67.6 Å². The average Bonchev–Trinajstić information content (AvgIpc) is 3.14. The molecular weight excluding hydrogens is 356 g/mol. The van der Waals surface area contributed by atoms with Gasteiger partial charge in [0.15, 0.2) is 0 Å². The van der Waals surface area contributed by atoms with E-state index in [2.05, 4.69) is 33.9 Å². The lowest BCUT2D eigenvalue weighted by Gasteiger charge is -2.17. The third-order valence-corrected chi connectivity index (χ3v) is 6.19. The smallest absolute Gasteiger partial charge is 0.240 e. The molecule has 1 heterocycles. The predicted molar refractivity (Wildman–Crippen MR) is 103 cm³/mol.